The highest BCUT2D eigenvalue weighted by molar-refractivity contribution is 5.26. The van der Waals surface area contributed by atoms with Crippen LogP contribution in [0, 0.1) is 17.0 Å². The molecule has 0 saturated heterocycles. The van der Waals surface area contributed by atoms with E-state index in [2.05, 4.69) is 44.2 Å². The Bertz CT molecular complexity index is 530. The number of hydrogen-bond acceptors (Lipinski definition) is 2. The van der Waals surface area contributed by atoms with Crippen molar-refractivity contribution in [3.05, 3.63) is 68.9 Å². The van der Waals surface area contributed by atoms with Crippen LogP contribution in [0.1, 0.15) is 50.7 Å². The molecule has 1 rings (SSSR count). The highest BCUT2D eigenvalue weighted by Gasteiger charge is 1.99. The van der Waals surface area contributed by atoms with Crippen LogP contribution in [0.2, 0.25) is 0 Å². The molecular formula is C18H25NO2. The minimum Gasteiger partial charge on any atom is -0.259 e. The first kappa shape index (κ1) is 17.2. The van der Waals surface area contributed by atoms with Crippen LogP contribution < -0.4 is 0 Å². The third-order valence-electron chi connectivity index (χ3n) is 3.44. The van der Waals surface area contributed by atoms with Crippen molar-refractivity contribution >= 4 is 0 Å². The van der Waals surface area contributed by atoms with Gasteiger partial charge in [-0.05, 0) is 57.6 Å². The predicted octanol–water partition coefficient (Wildman–Crippen LogP) is 5.22. The highest BCUT2D eigenvalue weighted by Crippen LogP contribution is 2.12. The molecule has 0 fully saturated rings. The van der Waals surface area contributed by atoms with Gasteiger partial charge in [-0.2, -0.15) is 0 Å². The number of aryl methyl sites for hydroxylation is 1. The standard InChI is InChI=1S/C18H25NO2/c1-15(13-18-12-8-10-16(2)14-18)9-6-4-5-7-11-17(3)19(20)21/h8-12,14H,4-7,13H2,1-3H3/b15-9+,17-11+. The molecule has 3 nitrogen and oxygen atoms in total. The van der Waals surface area contributed by atoms with Gasteiger partial charge < -0.3 is 0 Å². The van der Waals surface area contributed by atoms with Gasteiger partial charge in [-0.15, -0.1) is 0 Å². The first-order valence-electron chi connectivity index (χ1n) is 7.51. The number of unbranched alkanes of at least 4 members (excludes halogenated alkanes) is 3. The predicted molar refractivity (Wildman–Crippen MR) is 87.9 cm³/mol. The zero-order valence-electron chi connectivity index (χ0n) is 13.3. The van der Waals surface area contributed by atoms with Gasteiger partial charge in [0.1, 0.15) is 0 Å². The average Bonchev–Trinajstić information content (AvgIpc) is 2.42. The van der Waals surface area contributed by atoms with Gasteiger partial charge in [0.05, 0.1) is 4.92 Å². The zero-order valence-corrected chi connectivity index (χ0v) is 13.3. The Kier molecular flexibility index (Phi) is 7.44. The number of nitrogens with zero attached hydrogens (tertiary/aromatic N) is 1. The lowest BCUT2D eigenvalue weighted by Crippen LogP contribution is -1.93. The van der Waals surface area contributed by atoms with Crippen LogP contribution in [0.3, 0.4) is 0 Å². The Morgan fingerprint density at radius 2 is 1.86 bits per heavy atom. The molecule has 1 aromatic carbocycles. The van der Waals surface area contributed by atoms with Crippen LogP contribution in [-0.2, 0) is 6.42 Å². The Morgan fingerprint density at radius 1 is 1.19 bits per heavy atom. The molecule has 0 aliphatic carbocycles. The monoisotopic (exact) mass is 287 g/mol. The molecule has 0 atom stereocenters. The van der Waals surface area contributed by atoms with E-state index in [4.69, 9.17) is 0 Å². The summed E-state index contributed by atoms with van der Waals surface area (Å²) in [6, 6.07) is 8.60. The van der Waals surface area contributed by atoms with Crippen LogP contribution in [0.4, 0.5) is 0 Å². The first-order valence-corrected chi connectivity index (χ1v) is 7.51. The number of rotatable bonds is 8. The summed E-state index contributed by atoms with van der Waals surface area (Å²) >= 11 is 0. The van der Waals surface area contributed by atoms with E-state index < -0.39 is 0 Å². The summed E-state index contributed by atoms with van der Waals surface area (Å²) in [6.07, 6.45) is 8.91. The van der Waals surface area contributed by atoms with Gasteiger partial charge in [0, 0.05) is 6.92 Å². The fourth-order valence-corrected chi connectivity index (χ4v) is 2.24. The van der Waals surface area contributed by atoms with E-state index in [1.807, 2.05) is 0 Å². The minimum absolute atomic E-state index is 0.251. The maximum absolute atomic E-state index is 10.4. The molecule has 114 valence electrons. The van der Waals surface area contributed by atoms with Gasteiger partial charge in [-0.1, -0.05) is 41.5 Å². The second-order valence-corrected chi connectivity index (χ2v) is 5.60. The maximum Gasteiger partial charge on any atom is 0.239 e. The average molecular weight is 287 g/mol. The quantitative estimate of drug-likeness (QED) is 0.284. The summed E-state index contributed by atoms with van der Waals surface area (Å²) < 4.78 is 0. The van der Waals surface area contributed by atoms with E-state index >= 15 is 0 Å². The number of allylic oxidation sites excluding steroid dienone is 4. The van der Waals surface area contributed by atoms with Crippen molar-refractivity contribution in [2.24, 2.45) is 0 Å². The molecule has 0 bridgehead atoms. The first-order chi connectivity index (χ1) is 9.99. The molecule has 0 unspecified atom stereocenters. The van der Waals surface area contributed by atoms with Gasteiger partial charge in [0.15, 0.2) is 0 Å². The Hall–Kier alpha value is -1.90. The van der Waals surface area contributed by atoms with Crippen LogP contribution in [0.5, 0.6) is 0 Å². The molecule has 0 N–H and O–H groups in total. The highest BCUT2D eigenvalue weighted by atomic mass is 16.6. The molecule has 0 aliphatic rings. The van der Waals surface area contributed by atoms with Crippen molar-refractivity contribution in [1.82, 2.24) is 0 Å². The van der Waals surface area contributed by atoms with Gasteiger partial charge >= 0.3 is 0 Å². The molecule has 0 spiro atoms. The summed E-state index contributed by atoms with van der Waals surface area (Å²) in [5.74, 6) is 0. The van der Waals surface area contributed by atoms with E-state index in [0.29, 0.717) is 0 Å². The Balaban J connectivity index is 2.27. The van der Waals surface area contributed by atoms with Crippen LogP contribution in [-0.4, -0.2) is 4.92 Å². The van der Waals surface area contributed by atoms with Crippen molar-refractivity contribution in [2.75, 3.05) is 0 Å². The van der Waals surface area contributed by atoms with Crippen molar-refractivity contribution in [3.63, 3.8) is 0 Å². The smallest absolute Gasteiger partial charge is 0.239 e. The molecule has 0 radical (unpaired) electrons. The molecule has 0 heterocycles. The van der Waals surface area contributed by atoms with Gasteiger partial charge in [0.25, 0.3) is 0 Å². The van der Waals surface area contributed by atoms with Gasteiger partial charge in [-0.3, -0.25) is 10.1 Å². The third-order valence-corrected chi connectivity index (χ3v) is 3.44. The van der Waals surface area contributed by atoms with E-state index in [0.717, 1.165) is 32.1 Å². The molecule has 0 saturated carbocycles. The normalized spacial score (nSPS) is 12.5. The SMILES string of the molecule is C/C(=C\CCCC/C=C(\C)[N+](=O)[O-])Cc1cccc(C)c1. The van der Waals surface area contributed by atoms with Crippen molar-refractivity contribution in [1.29, 1.82) is 0 Å². The van der Waals surface area contributed by atoms with Gasteiger partial charge in [0.2, 0.25) is 5.70 Å². The van der Waals surface area contributed by atoms with Crippen LogP contribution in [0.25, 0.3) is 0 Å². The molecule has 21 heavy (non-hydrogen) atoms. The summed E-state index contributed by atoms with van der Waals surface area (Å²) in [5.41, 5.74) is 4.29. The van der Waals surface area contributed by atoms with Crippen molar-refractivity contribution < 1.29 is 4.92 Å². The summed E-state index contributed by atoms with van der Waals surface area (Å²) in [5, 5.41) is 10.4. The minimum atomic E-state index is -0.327. The lowest BCUT2D eigenvalue weighted by atomic mass is 10.0. The fourth-order valence-electron chi connectivity index (χ4n) is 2.24. The molecular weight excluding hydrogens is 262 g/mol. The lowest BCUT2D eigenvalue weighted by molar-refractivity contribution is -0.424. The lowest BCUT2D eigenvalue weighted by Gasteiger charge is -2.03. The number of benzene rings is 1. The number of nitro groups is 1. The van der Waals surface area contributed by atoms with E-state index in [1.165, 1.54) is 16.7 Å². The van der Waals surface area contributed by atoms with Crippen LogP contribution in [0.15, 0.2) is 47.7 Å². The molecule has 0 aliphatic heterocycles. The third kappa shape index (κ3) is 7.45. The Labute approximate surface area is 127 Å². The van der Waals surface area contributed by atoms with E-state index in [1.54, 1.807) is 13.0 Å². The van der Waals surface area contributed by atoms with Crippen molar-refractivity contribution in [3.8, 4) is 0 Å². The molecule has 0 amide bonds. The van der Waals surface area contributed by atoms with E-state index in [-0.39, 0.29) is 10.6 Å². The van der Waals surface area contributed by atoms with Crippen molar-refractivity contribution in [2.45, 2.75) is 52.9 Å². The van der Waals surface area contributed by atoms with E-state index in [9.17, 15) is 10.1 Å². The second kappa shape index (κ2) is 9.11. The van der Waals surface area contributed by atoms with Gasteiger partial charge in [-0.25, -0.2) is 0 Å². The fraction of sp³-hybridized carbons (Fsp3) is 0.444. The molecule has 0 aromatic heterocycles. The Morgan fingerprint density at radius 3 is 2.48 bits per heavy atom. The number of hydrogen-bond donors (Lipinski definition) is 0. The van der Waals surface area contributed by atoms with Crippen LogP contribution >= 0.6 is 0 Å². The topological polar surface area (TPSA) is 43.1 Å². The maximum atomic E-state index is 10.4. The summed E-state index contributed by atoms with van der Waals surface area (Å²) in [6.45, 7) is 5.83. The zero-order chi connectivity index (χ0) is 15.7. The second-order valence-electron chi connectivity index (χ2n) is 5.60. The summed E-state index contributed by atoms with van der Waals surface area (Å²) in [4.78, 5) is 10.1. The molecule has 3 heteroatoms. The molecule has 1 aromatic rings. The largest absolute Gasteiger partial charge is 0.259 e. The summed E-state index contributed by atoms with van der Waals surface area (Å²) in [7, 11) is 0.